The van der Waals surface area contributed by atoms with E-state index in [1.165, 1.54) is 24.3 Å². The zero-order valence-corrected chi connectivity index (χ0v) is 14.1. The molecular formula is C20H14O8. The van der Waals surface area contributed by atoms with Crippen LogP contribution in [0.15, 0.2) is 48.5 Å². The number of carboxylic acids is 2. The van der Waals surface area contributed by atoms with Gasteiger partial charge in [0, 0.05) is 0 Å². The van der Waals surface area contributed by atoms with Crippen molar-refractivity contribution in [1.29, 1.82) is 0 Å². The van der Waals surface area contributed by atoms with Gasteiger partial charge < -0.3 is 30.6 Å². The van der Waals surface area contributed by atoms with Crippen LogP contribution in [0.3, 0.4) is 0 Å². The number of benzene rings is 3. The number of hydrogen-bond acceptors (Lipinski definition) is 6. The van der Waals surface area contributed by atoms with E-state index in [4.69, 9.17) is 10.2 Å². The highest BCUT2D eigenvalue weighted by Crippen LogP contribution is 2.42. The number of hydrogen-bond donors (Lipinski definition) is 6. The second-order valence-electron chi connectivity index (χ2n) is 5.97. The van der Waals surface area contributed by atoms with Gasteiger partial charge in [0.2, 0.25) is 0 Å². The number of aromatic carboxylic acids is 2. The molecule has 8 heteroatoms. The van der Waals surface area contributed by atoms with Gasteiger partial charge in [-0.25, -0.2) is 9.59 Å². The van der Waals surface area contributed by atoms with Crippen LogP contribution in [-0.4, -0.2) is 42.6 Å². The molecule has 3 aromatic rings. The fourth-order valence-corrected chi connectivity index (χ4v) is 2.87. The minimum atomic E-state index is -1.30. The van der Waals surface area contributed by atoms with Gasteiger partial charge in [-0.2, -0.15) is 0 Å². The third-order valence-corrected chi connectivity index (χ3v) is 4.15. The van der Waals surface area contributed by atoms with Gasteiger partial charge in [0.15, 0.2) is 0 Å². The Labute approximate surface area is 157 Å². The zero-order chi connectivity index (χ0) is 20.6. The van der Waals surface area contributed by atoms with Crippen LogP contribution in [0.2, 0.25) is 0 Å². The normalized spacial score (nSPS) is 10.6. The van der Waals surface area contributed by atoms with Crippen molar-refractivity contribution >= 4 is 11.9 Å². The molecule has 0 saturated heterocycles. The van der Waals surface area contributed by atoms with E-state index in [2.05, 4.69) is 0 Å². The second-order valence-corrected chi connectivity index (χ2v) is 5.97. The van der Waals surface area contributed by atoms with Gasteiger partial charge in [0.05, 0.1) is 22.3 Å². The summed E-state index contributed by atoms with van der Waals surface area (Å²) in [6.07, 6.45) is 0. The molecule has 3 rings (SSSR count). The smallest absolute Gasteiger partial charge is 0.335 e. The van der Waals surface area contributed by atoms with Gasteiger partial charge in [0.1, 0.15) is 23.0 Å². The summed E-state index contributed by atoms with van der Waals surface area (Å²) in [5, 5.41) is 58.2. The summed E-state index contributed by atoms with van der Waals surface area (Å²) in [6.45, 7) is 0. The van der Waals surface area contributed by atoms with Gasteiger partial charge in [-0.05, 0) is 35.4 Å². The summed E-state index contributed by atoms with van der Waals surface area (Å²) < 4.78 is 0. The number of rotatable bonds is 4. The van der Waals surface area contributed by atoms with Gasteiger partial charge in [-0.1, -0.05) is 24.3 Å². The highest BCUT2D eigenvalue weighted by molar-refractivity contribution is 5.93. The lowest BCUT2D eigenvalue weighted by atomic mass is 9.96. The van der Waals surface area contributed by atoms with E-state index in [1.54, 1.807) is 0 Å². The molecule has 0 unspecified atom stereocenters. The van der Waals surface area contributed by atoms with E-state index >= 15 is 0 Å². The quantitative estimate of drug-likeness (QED) is 0.402. The molecule has 0 saturated carbocycles. The molecule has 0 aromatic heterocycles. The van der Waals surface area contributed by atoms with Crippen LogP contribution in [0.5, 0.6) is 23.0 Å². The number of phenolic OH excluding ortho intramolecular Hbond substituents is 4. The van der Waals surface area contributed by atoms with E-state index < -0.39 is 34.9 Å². The molecule has 0 aliphatic rings. The molecule has 0 radical (unpaired) electrons. The Hall–Kier alpha value is -4.20. The van der Waals surface area contributed by atoms with Crippen molar-refractivity contribution in [3.63, 3.8) is 0 Å². The molecule has 3 aromatic carbocycles. The van der Waals surface area contributed by atoms with Crippen LogP contribution < -0.4 is 0 Å². The SMILES string of the molecule is O=C(O)c1cc(O)c(-c2ccc(-c3c(O)cc(C(=O)O)cc3O)cc2)c(O)c1. The molecular weight excluding hydrogens is 368 g/mol. The maximum atomic E-state index is 11.0. The number of carboxylic acid groups (broad SMARTS) is 2. The lowest BCUT2D eigenvalue weighted by Gasteiger charge is -2.12. The third kappa shape index (κ3) is 3.26. The molecule has 8 nitrogen and oxygen atoms in total. The summed E-state index contributed by atoms with van der Waals surface area (Å²) in [5.41, 5.74) is 0.207. The van der Waals surface area contributed by atoms with E-state index in [0.717, 1.165) is 24.3 Å². The average Bonchev–Trinajstić information content (AvgIpc) is 2.61. The van der Waals surface area contributed by atoms with Gasteiger partial charge in [0.25, 0.3) is 0 Å². The Morgan fingerprint density at radius 2 is 0.786 bits per heavy atom. The molecule has 28 heavy (non-hydrogen) atoms. The molecule has 0 bridgehead atoms. The first-order valence-corrected chi connectivity index (χ1v) is 7.88. The first kappa shape index (κ1) is 18.6. The van der Waals surface area contributed by atoms with Gasteiger partial charge in [-0.3, -0.25) is 0 Å². The molecule has 0 heterocycles. The summed E-state index contributed by atoms with van der Waals surface area (Å²) >= 11 is 0. The summed E-state index contributed by atoms with van der Waals surface area (Å²) in [5.74, 6) is -4.32. The molecule has 0 spiro atoms. The minimum Gasteiger partial charge on any atom is -0.507 e. The van der Waals surface area contributed by atoms with Crippen molar-refractivity contribution in [1.82, 2.24) is 0 Å². The van der Waals surface area contributed by atoms with Gasteiger partial charge >= 0.3 is 11.9 Å². The maximum Gasteiger partial charge on any atom is 0.335 e. The minimum absolute atomic E-state index is 0.0196. The van der Waals surface area contributed by atoms with Crippen molar-refractivity contribution in [3.05, 3.63) is 59.7 Å². The van der Waals surface area contributed by atoms with Crippen LogP contribution in [0.4, 0.5) is 0 Å². The Kier molecular flexibility index (Phi) is 4.54. The number of aromatic hydroxyl groups is 4. The Morgan fingerprint density at radius 1 is 0.536 bits per heavy atom. The highest BCUT2D eigenvalue weighted by atomic mass is 16.4. The van der Waals surface area contributed by atoms with E-state index in [9.17, 15) is 30.0 Å². The molecule has 0 atom stereocenters. The summed E-state index contributed by atoms with van der Waals surface area (Å²) in [6, 6.07) is 9.95. The van der Waals surface area contributed by atoms with Crippen molar-refractivity contribution < 1.29 is 40.2 Å². The maximum absolute atomic E-state index is 11.0. The summed E-state index contributed by atoms with van der Waals surface area (Å²) in [4.78, 5) is 22.0. The third-order valence-electron chi connectivity index (χ3n) is 4.15. The van der Waals surface area contributed by atoms with Crippen LogP contribution in [0.25, 0.3) is 22.3 Å². The molecule has 0 amide bonds. The molecule has 0 aliphatic carbocycles. The van der Waals surface area contributed by atoms with E-state index in [-0.39, 0.29) is 22.3 Å². The van der Waals surface area contributed by atoms with Crippen LogP contribution >= 0.6 is 0 Å². The Morgan fingerprint density at radius 3 is 1.00 bits per heavy atom. The predicted molar refractivity (Wildman–Crippen MR) is 97.9 cm³/mol. The first-order valence-electron chi connectivity index (χ1n) is 7.88. The van der Waals surface area contributed by atoms with E-state index in [0.29, 0.717) is 11.1 Å². The average molecular weight is 382 g/mol. The highest BCUT2D eigenvalue weighted by Gasteiger charge is 2.18. The van der Waals surface area contributed by atoms with Crippen LogP contribution in [-0.2, 0) is 0 Å². The van der Waals surface area contributed by atoms with E-state index in [1.807, 2.05) is 0 Å². The molecule has 0 aliphatic heterocycles. The second kappa shape index (κ2) is 6.84. The first-order chi connectivity index (χ1) is 13.2. The van der Waals surface area contributed by atoms with Crippen molar-refractivity contribution in [2.24, 2.45) is 0 Å². The van der Waals surface area contributed by atoms with Gasteiger partial charge in [-0.15, -0.1) is 0 Å². The van der Waals surface area contributed by atoms with Crippen molar-refractivity contribution in [2.45, 2.75) is 0 Å². The van der Waals surface area contributed by atoms with Crippen LogP contribution in [0.1, 0.15) is 20.7 Å². The molecule has 6 N–H and O–H groups in total. The van der Waals surface area contributed by atoms with Crippen molar-refractivity contribution in [3.8, 4) is 45.3 Å². The molecule has 0 fully saturated rings. The number of carbonyl (C=O) groups is 2. The largest absolute Gasteiger partial charge is 0.507 e. The topological polar surface area (TPSA) is 156 Å². The monoisotopic (exact) mass is 382 g/mol. The standard InChI is InChI=1S/C20H14O8/c21-13-5-11(19(25)26)6-14(22)17(13)9-1-2-10(4-3-9)18-15(23)7-12(20(27)28)8-16(18)24/h1-8,21-24H,(H,25,26)(H,27,28). The predicted octanol–water partition coefficient (Wildman–Crippen LogP) is 3.24. The van der Waals surface area contributed by atoms with Crippen LogP contribution in [0, 0.1) is 0 Å². The fourth-order valence-electron chi connectivity index (χ4n) is 2.87. The Balaban J connectivity index is 2.04. The molecule has 142 valence electrons. The fraction of sp³-hybridized carbons (Fsp3) is 0. The lowest BCUT2D eigenvalue weighted by molar-refractivity contribution is 0.0685. The zero-order valence-electron chi connectivity index (χ0n) is 14.1. The van der Waals surface area contributed by atoms with Crippen molar-refractivity contribution in [2.75, 3.05) is 0 Å². The Bertz CT molecular complexity index is 965. The number of phenols is 4. The lowest BCUT2D eigenvalue weighted by Crippen LogP contribution is -1.96. The summed E-state index contributed by atoms with van der Waals surface area (Å²) in [7, 11) is 0.